The van der Waals surface area contributed by atoms with Crippen LogP contribution in [0.2, 0.25) is 0 Å². The molecule has 1 atom stereocenters. The molecule has 0 unspecified atom stereocenters. The van der Waals surface area contributed by atoms with E-state index in [0.717, 1.165) is 22.3 Å². The van der Waals surface area contributed by atoms with Gasteiger partial charge in [-0.1, -0.05) is 17.7 Å². The third-order valence-corrected chi connectivity index (χ3v) is 3.31. The minimum absolute atomic E-state index is 0.270. The van der Waals surface area contributed by atoms with E-state index in [0.29, 0.717) is 5.75 Å². The fraction of sp³-hybridized carbons (Fsp3) is 0.294. The zero-order valence-corrected chi connectivity index (χ0v) is 12.0. The Hall–Kier alpha value is -1.87. The lowest BCUT2D eigenvalue weighted by Gasteiger charge is -2.15. The van der Waals surface area contributed by atoms with Crippen LogP contribution in [0.5, 0.6) is 5.75 Å². The molecule has 2 aromatic carbocycles. The molecule has 0 heterocycles. The minimum atomic E-state index is -0.599. The maximum atomic E-state index is 13.2. The maximum absolute atomic E-state index is 13.2. The van der Waals surface area contributed by atoms with E-state index in [-0.39, 0.29) is 12.4 Å². The van der Waals surface area contributed by atoms with Crippen LogP contribution in [0.3, 0.4) is 0 Å². The predicted octanol–water partition coefficient (Wildman–Crippen LogP) is 4.07. The van der Waals surface area contributed by atoms with Crippen LogP contribution in [0, 0.1) is 19.7 Å². The number of hydrogen-bond donors (Lipinski definition) is 1. The number of aryl methyl sites for hydroxylation is 2. The van der Waals surface area contributed by atoms with Crippen molar-refractivity contribution in [1.82, 2.24) is 0 Å². The number of benzene rings is 2. The summed E-state index contributed by atoms with van der Waals surface area (Å²) in [5, 5.41) is 9.78. The van der Waals surface area contributed by atoms with Crippen LogP contribution in [0.1, 0.15) is 35.3 Å². The van der Waals surface area contributed by atoms with Crippen LogP contribution in [-0.2, 0) is 6.61 Å². The fourth-order valence-electron chi connectivity index (χ4n) is 2.08. The first-order valence-electron chi connectivity index (χ1n) is 6.64. The van der Waals surface area contributed by atoms with Crippen molar-refractivity contribution in [2.45, 2.75) is 33.5 Å². The first-order valence-corrected chi connectivity index (χ1v) is 6.64. The molecule has 3 heteroatoms. The van der Waals surface area contributed by atoms with Crippen LogP contribution < -0.4 is 4.74 Å². The number of rotatable bonds is 4. The molecule has 0 spiro atoms. The Labute approximate surface area is 118 Å². The van der Waals surface area contributed by atoms with E-state index in [1.54, 1.807) is 13.0 Å². The lowest BCUT2D eigenvalue weighted by molar-refractivity contribution is 0.190. The lowest BCUT2D eigenvalue weighted by Crippen LogP contribution is -2.03. The minimum Gasteiger partial charge on any atom is -0.489 e. The van der Waals surface area contributed by atoms with Gasteiger partial charge in [0.05, 0.1) is 6.10 Å². The second-order valence-corrected chi connectivity index (χ2v) is 5.08. The van der Waals surface area contributed by atoms with Crippen molar-refractivity contribution in [3.8, 4) is 5.75 Å². The summed E-state index contributed by atoms with van der Waals surface area (Å²) in [6.45, 7) is 5.87. The Morgan fingerprint density at radius 1 is 1.15 bits per heavy atom. The molecule has 20 heavy (non-hydrogen) atoms. The highest BCUT2D eigenvalue weighted by molar-refractivity contribution is 5.38. The molecule has 0 aliphatic heterocycles. The number of ether oxygens (including phenoxy) is 1. The molecule has 0 aliphatic rings. The molecular formula is C17H19FO2. The molecule has 1 N–H and O–H groups in total. The largest absolute Gasteiger partial charge is 0.489 e. The summed E-state index contributed by atoms with van der Waals surface area (Å²) in [6.07, 6.45) is -0.599. The highest BCUT2D eigenvalue weighted by Gasteiger charge is 2.10. The van der Waals surface area contributed by atoms with Gasteiger partial charge in [0.1, 0.15) is 18.2 Å². The molecule has 2 nitrogen and oxygen atoms in total. The van der Waals surface area contributed by atoms with Gasteiger partial charge in [-0.2, -0.15) is 0 Å². The average molecular weight is 274 g/mol. The summed E-state index contributed by atoms with van der Waals surface area (Å²) < 4.78 is 19.0. The molecule has 0 aromatic heterocycles. The fourth-order valence-corrected chi connectivity index (χ4v) is 2.08. The standard InChI is InChI=1S/C17H19FO2/c1-11-4-7-17(16(8-11)13(3)19)20-10-14-9-15(18)6-5-12(14)2/h4-9,13,19H,10H2,1-3H3/t13-/m0/s1. The second-order valence-electron chi connectivity index (χ2n) is 5.08. The highest BCUT2D eigenvalue weighted by atomic mass is 19.1. The molecule has 0 saturated carbocycles. The Bertz CT molecular complexity index is 606. The van der Waals surface area contributed by atoms with Gasteiger partial charge in [-0.25, -0.2) is 4.39 Å². The average Bonchev–Trinajstić information content (AvgIpc) is 2.40. The third-order valence-electron chi connectivity index (χ3n) is 3.31. The molecule has 0 radical (unpaired) electrons. The first kappa shape index (κ1) is 14.5. The van der Waals surface area contributed by atoms with Gasteiger partial charge in [-0.15, -0.1) is 0 Å². The van der Waals surface area contributed by atoms with Crippen LogP contribution in [0.15, 0.2) is 36.4 Å². The van der Waals surface area contributed by atoms with Crippen LogP contribution in [0.4, 0.5) is 4.39 Å². The van der Waals surface area contributed by atoms with E-state index >= 15 is 0 Å². The molecule has 0 saturated heterocycles. The topological polar surface area (TPSA) is 29.5 Å². The summed E-state index contributed by atoms with van der Waals surface area (Å²) in [5.74, 6) is 0.364. The van der Waals surface area contributed by atoms with E-state index in [9.17, 15) is 9.50 Å². The van der Waals surface area contributed by atoms with E-state index in [2.05, 4.69) is 0 Å². The lowest BCUT2D eigenvalue weighted by atomic mass is 10.1. The van der Waals surface area contributed by atoms with Gasteiger partial charge < -0.3 is 9.84 Å². The van der Waals surface area contributed by atoms with Crippen molar-refractivity contribution in [2.24, 2.45) is 0 Å². The van der Waals surface area contributed by atoms with Crippen LogP contribution >= 0.6 is 0 Å². The highest BCUT2D eigenvalue weighted by Crippen LogP contribution is 2.27. The Morgan fingerprint density at radius 3 is 2.60 bits per heavy atom. The first-order chi connectivity index (χ1) is 9.47. The van der Waals surface area contributed by atoms with Crippen molar-refractivity contribution in [2.75, 3.05) is 0 Å². The van der Waals surface area contributed by atoms with E-state index < -0.39 is 6.10 Å². The summed E-state index contributed by atoms with van der Waals surface area (Å²) in [5.41, 5.74) is 3.61. The summed E-state index contributed by atoms with van der Waals surface area (Å²) >= 11 is 0. The Morgan fingerprint density at radius 2 is 1.90 bits per heavy atom. The number of hydrogen-bond acceptors (Lipinski definition) is 2. The van der Waals surface area contributed by atoms with Gasteiger partial charge in [0.15, 0.2) is 0 Å². The van der Waals surface area contributed by atoms with E-state index in [4.69, 9.17) is 4.74 Å². The molecule has 0 aliphatic carbocycles. The monoisotopic (exact) mass is 274 g/mol. The second kappa shape index (κ2) is 6.06. The van der Waals surface area contributed by atoms with Crippen LogP contribution in [0.25, 0.3) is 0 Å². The molecule has 0 bridgehead atoms. The van der Waals surface area contributed by atoms with Crippen molar-refractivity contribution in [3.05, 3.63) is 64.5 Å². The number of aliphatic hydroxyl groups excluding tert-OH is 1. The molecule has 2 aromatic rings. The molecular weight excluding hydrogens is 255 g/mol. The molecule has 106 valence electrons. The summed E-state index contributed by atoms with van der Waals surface area (Å²) in [6, 6.07) is 10.3. The zero-order chi connectivity index (χ0) is 14.7. The molecule has 0 amide bonds. The molecule has 0 fully saturated rings. The number of aliphatic hydroxyl groups is 1. The van der Waals surface area contributed by atoms with Crippen molar-refractivity contribution in [1.29, 1.82) is 0 Å². The zero-order valence-electron chi connectivity index (χ0n) is 12.0. The molecule has 2 rings (SSSR count). The van der Waals surface area contributed by atoms with Gasteiger partial charge in [0, 0.05) is 5.56 Å². The van der Waals surface area contributed by atoms with Crippen molar-refractivity contribution < 1.29 is 14.2 Å². The Kier molecular flexibility index (Phi) is 4.40. The summed E-state index contributed by atoms with van der Waals surface area (Å²) in [4.78, 5) is 0. The predicted molar refractivity (Wildman–Crippen MR) is 77.3 cm³/mol. The normalized spacial score (nSPS) is 12.2. The van der Waals surface area contributed by atoms with Gasteiger partial charge in [0.25, 0.3) is 0 Å². The van der Waals surface area contributed by atoms with Gasteiger partial charge in [-0.05, 0) is 56.2 Å². The van der Waals surface area contributed by atoms with Gasteiger partial charge in [-0.3, -0.25) is 0 Å². The number of halogens is 1. The Balaban J connectivity index is 2.20. The van der Waals surface area contributed by atoms with Gasteiger partial charge >= 0.3 is 0 Å². The van der Waals surface area contributed by atoms with Crippen molar-refractivity contribution in [3.63, 3.8) is 0 Å². The third kappa shape index (κ3) is 3.36. The quantitative estimate of drug-likeness (QED) is 0.910. The SMILES string of the molecule is Cc1ccc(OCc2cc(F)ccc2C)c([C@H](C)O)c1. The van der Waals surface area contributed by atoms with E-state index in [1.165, 1.54) is 12.1 Å². The van der Waals surface area contributed by atoms with Crippen LogP contribution in [-0.4, -0.2) is 5.11 Å². The maximum Gasteiger partial charge on any atom is 0.125 e. The van der Waals surface area contributed by atoms with Gasteiger partial charge in [0.2, 0.25) is 0 Å². The van der Waals surface area contributed by atoms with E-state index in [1.807, 2.05) is 32.0 Å². The van der Waals surface area contributed by atoms with Crippen molar-refractivity contribution >= 4 is 0 Å². The smallest absolute Gasteiger partial charge is 0.125 e. The summed E-state index contributed by atoms with van der Waals surface area (Å²) in [7, 11) is 0.